The van der Waals surface area contributed by atoms with Gasteiger partial charge in [0.1, 0.15) is 5.69 Å². The van der Waals surface area contributed by atoms with Crippen molar-refractivity contribution in [3.63, 3.8) is 0 Å². The van der Waals surface area contributed by atoms with Gasteiger partial charge in [-0.05, 0) is 19.1 Å². The molecule has 0 heterocycles. The van der Waals surface area contributed by atoms with Crippen molar-refractivity contribution >= 4 is 23.3 Å². The lowest BCUT2D eigenvalue weighted by atomic mass is 10.2. The number of nitro groups is 2. The van der Waals surface area contributed by atoms with Crippen molar-refractivity contribution < 1.29 is 9.85 Å². The molecule has 1 N–H and O–H groups in total. The van der Waals surface area contributed by atoms with Crippen LogP contribution < -0.4 is 5.43 Å². The van der Waals surface area contributed by atoms with E-state index in [-0.39, 0.29) is 11.4 Å². The lowest BCUT2D eigenvalue weighted by molar-refractivity contribution is -0.393. The van der Waals surface area contributed by atoms with E-state index >= 15 is 0 Å². The number of rotatable bonds is 6. The largest absolute Gasteiger partial charge is 0.301 e. The van der Waals surface area contributed by atoms with Gasteiger partial charge in [-0.1, -0.05) is 18.2 Å². The molecule has 0 saturated carbocycles. The predicted molar refractivity (Wildman–Crippen MR) is 75.8 cm³/mol. The van der Waals surface area contributed by atoms with Crippen LogP contribution in [0.2, 0.25) is 0 Å². The molecule has 0 aliphatic heterocycles. The van der Waals surface area contributed by atoms with Crippen LogP contribution in [-0.2, 0) is 0 Å². The van der Waals surface area contributed by atoms with Gasteiger partial charge in [-0.15, -0.1) is 0 Å². The van der Waals surface area contributed by atoms with Gasteiger partial charge in [-0.3, -0.25) is 25.7 Å². The fourth-order valence-corrected chi connectivity index (χ4v) is 1.25. The molecule has 0 radical (unpaired) electrons. The normalized spacial score (nSPS) is 11.4. The number of nitrogens with zero attached hydrogens (tertiary/aromatic N) is 3. The summed E-state index contributed by atoms with van der Waals surface area (Å²) in [6.45, 7) is 1.86. The summed E-state index contributed by atoms with van der Waals surface area (Å²) in [5.41, 5.74) is 1.79. The minimum absolute atomic E-state index is 0.0799. The molecule has 0 aliphatic carbocycles. The van der Waals surface area contributed by atoms with Crippen LogP contribution in [0.4, 0.5) is 17.1 Å². The van der Waals surface area contributed by atoms with Crippen LogP contribution >= 0.6 is 0 Å². The topological polar surface area (TPSA) is 111 Å². The number of non-ortho nitro benzene ring substituents is 1. The van der Waals surface area contributed by atoms with E-state index in [0.29, 0.717) is 0 Å². The Morgan fingerprint density at radius 3 is 2.50 bits per heavy atom. The van der Waals surface area contributed by atoms with Crippen LogP contribution in [0.25, 0.3) is 0 Å². The second-order valence-corrected chi connectivity index (χ2v) is 3.52. The van der Waals surface area contributed by atoms with Crippen LogP contribution in [0.3, 0.4) is 0 Å². The first-order chi connectivity index (χ1) is 9.56. The second-order valence-electron chi connectivity index (χ2n) is 3.52. The van der Waals surface area contributed by atoms with Gasteiger partial charge in [0.15, 0.2) is 0 Å². The van der Waals surface area contributed by atoms with Crippen molar-refractivity contribution in [1.29, 1.82) is 0 Å². The van der Waals surface area contributed by atoms with E-state index in [1.165, 1.54) is 18.3 Å². The second kappa shape index (κ2) is 7.41. The zero-order valence-electron chi connectivity index (χ0n) is 10.6. The first-order valence-electron chi connectivity index (χ1n) is 5.56. The maximum atomic E-state index is 10.8. The Morgan fingerprint density at radius 1 is 1.15 bits per heavy atom. The Balaban J connectivity index is 2.89. The molecule has 0 saturated heterocycles. The van der Waals surface area contributed by atoms with Gasteiger partial charge in [-0.2, -0.15) is 5.10 Å². The standard InChI is InChI=1S/C12H12N4O4/c1-2-3-4-5-8-13-14-11-7-6-10(15(17)18)9-12(11)16(19)20/h2-9,14H,1H3. The number of anilines is 1. The molecule has 1 rings (SSSR count). The molecule has 0 fully saturated rings. The fraction of sp³-hybridized carbons (Fsp3) is 0.0833. The van der Waals surface area contributed by atoms with E-state index in [2.05, 4.69) is 10.5 Å². The molecular formula is C12H12N4O4. The maximum Gasteiger partial charge on any atom is 0.301 e. The third-order valence-corrected chi connectivity index (χ3v) is 2.15. The smallest absolute Gasteiger partial charge is 0.272 e. The molecular weight excluding hydrogens is 264 g/mol. The van der Waals surface area contributed by atoms with Gasteiger partial charge in [0.2, 0.25) is 0 Å². The summed E-state index contributed by atoms with van der Waals surface area (Å²) >= 11 is 0. The highest BCUT2D eigenvalue weighted by molar-refractivity contribution is 5.73. The van der Waals surface area contributed by atoms with E-state index in [0.717, 1.165) is 6.07 Å². The van der Waals surface area contributed by atoms with Crippen molar-refractivity contribution in [2.75, 3.05) is 5.43 Å². The molecule has 104 valence electrons. The van der Waals surface area contributed by atoms with Crippen LogP contribution in [0, 0.1) is 20.2 Å². The number of hydrogen-bond donors (Lipinski definition) is 1. The zero-order valence-corrected chi connectivity index (χ0v) is 10.6. The summed E-state index contributed by atoms with van der Waals surface area (Å²) in [4.78, 5) is 20.0. The average Bonchev–Trinajstić information content (AvgIpc) is 2.42. The molecule has 1 aromatic rings. The summed E-state index contributed by atoms with van der Waals surface area (Å²) in [6, 6.07) is 3.29. The minimum Gasteiger partial charge on any atom is -0.272 e. The lowest BCUT2D eigenvalue weighted by Gasteiger charge is -2.01. The fourth-order valence-electron chi connectivity index (χ4n) is 1.25. The Morgan fingerprint density at radius 2 is 1.90 bits per heavy atom. The number of allylic oxidation sites excluding steroid dienone is 4. The first kappa shape index (κ1) is 15.0. The van der Waals surface area contributed by atoms with Gasteiger partial charge in [-0.25, -0.2) is 0 Å². The Labute approximate surface area is 114 Å². The van der Waals surface area contributed by atoms with E-state index < -0.39 is 15.5 Å². The van der Waals surface area contributed by atoms with E-state index in [1.807, 2.05) is 13.0 Å². The average molecular weight is 276 g/mol. The Hall–Kier alpha value is -3.03. The minimum atomic E-state index is -0.708. The first-order valence-corrected chi connectivity index (χ1v) is 5.56. The molecule has 0 aliphatic rings. The van der Waals surface area contributed by atoms with Crippen molar-refractivity contribution in [3.05, 3.63) is 62.7 Å². The molecule has 0 bridgehead atoms. The third kappa shape index (κ3) is 4.33. The SMILES string of the molecule is CC=CC=CC=NNc1ccc([N+](=O)[O-])cc1[N+](=O)[O-]. The summed E-state index contributed by atoms with van der Waals surface area (Å²) in [6.07, 6.45) is 8.39. The van der Waals surface area contributed by atoms with E-state index in [1.54, 1.807) is 18.2 Å². The summed E-state index contributed by atoms with van der Waals surface area (Å²) in [5, 5.41) is 25.2. The number of hydrazone groups is 1. The van der Waals surface area contributed by atoms with E-state index in [4.69, 9.17) is 0 Å². The molecule has 0 amide bonds. The van der Waals surface area contributed by atoms with Gasteiger partial charge < -0.3 is 0 Å². The van der Waals surface area contributed by atoms with Crippen LogP contribution in [0.5, 0.6) is 0 Å². The van der Waals surface area contributed by atoms with Crippen LogP contribution in [-0.4, -0.2) is 16.1 Å². The zero-order chi connectivity index (χ0) is 15.0. The Bertz CT molecular complexity index is 593. The summed E-state index contributed by atoms with van der Waals surface area (Å²) < 4.78 is 0. The third-order valence-electron chi connectivity index (χ3n) is 2.15. The van der Waals surface area contributed by atoms with E-state index in [9.17, 15) is 20.2 Å². The Kier molecular flexibility index (Phi) is 5.57. The molecule has 8 heteroatoms. The molecule has 0 aromatic heterocycles. The van der Waals surface area contributed by atoms with Crippen LogP contribution in [0.1, 0.15) is 6.92 Å². The lowest BCUT2D eigenvalue weighted by Crippen LogP contribution is -1.98. The molecule has 1 aromatic carbocycles. The van der Waals surface area contributed by atoms with Gasteiger partial charge >= 0.3 is 5.69 Å². The quantitative estimate of drug-likeness (QED) is 0.371. The van der Waals surface area contributed by atoms with Gasteiger partial charge in [0.25, 0.3) is 5.69 Å². The maximum absolute atomic E-state index is 10.8. The molecule has 8 nitrogen and oxygen atoms in total. The molecule has 0 unspecified atom stereocenters. The summed E-state index contributed by atoms with van der Waals surface area (Å²) in [5.74, 6) is 0. The van der Waals surface area contributed by atoms with Crippen molar-refractivity contribution in [2.24, 2.45) is 5.10 Å². The van der Waals surface area contributed by atoms with Crippen molar-refractivity contribution in [2.45, 2.75) is 6.92 Å². The highest BCUT2D eigenvalue weighted by Gasteiger charge is 2.18. The molecule has 0 spiro atoms. The highest BCUT2D eigenvalue weighted by Crippen LogP contribution is 2.28. The van der Waals surface area contributed by atoms with Gasteiger partial charge in [0, 0.05) is 12.3 Å². The number of nitro benzene ring substituents is 2. The highest BCUT2D eigenvalue weighted by atomic mass is 16.6. The molecule has 0 atom stereocenters. The van der Waals surface area contributed by atoms with Gasteiger partial charge in [0.05, 0.1) is 15.9 Å². The number of nitrogens with one attached hydrogen (secondary N) is 1. The molecule has 20 heavy (non-hydrogen) atoms. The monoisotopic (exact) mass is 276 g/mol. The number of benzene rings is 1. The summed E-state index contributed by atoms with van der Waals surface area (Å²) in [7, 11) is 0. The van der Waals surface area contributed by atoms with Crippen LogP contribution in [0.15, 0.2) is 47.6 Å². The predicted octanol–water partition coefficient (Wildman–Crippen LogP) is 3.03. The van der Waals surface area contributed by atoms with Crippen molar-refractivity contribution in [1.82, 2.24) is 0 Å². The number of hydrogen-bond acceptors (Lipinski definition) is 6. The van der Waals surface area contributed by atoms with Crippen molar-refractivity contribution in [3.8, 4) is 0 Å².